The fourth-order valence-electron chi connectivity index (χ4n) is 1.30. The van der Waals surface area contributed by atoms with Gasteiger partial charge in [-0.3, -0.25) is 4.68 Å². The predicted octanol–water partition coefficient (Wildman–Crippen LogP) is 1.05. The van der Waals surface area contributed by atoms with Crippen molar-refractivity contribution in [3.05, 3.63) is 18.1 Å². The van der Waals surface area contributed by atoms with Crippen molar-refractivity contribution in [1.29, 1.82) is 0 Å². The Hall–Kier alpha value is -1.69. The minimum atomic E-state index is -0.555. The van der Waals surface area contributed by atoms with Crippen LogP contribution in [-0.4, -0.2) is 19.9 Å². The molecule has 6 nitrogen and oxygen atoms in total. The first-order valence-corrected chi connectivity index (χ1v) is 5.16. The Morgan fingerprint density at radius 2 is 2.31 bits per heavy atom. The van der Waals surface area contributed by atoms with Crippen molar-refractivity contribution in [1.82, 2.24) is 19.9 Å². The zero-order valence-corrected chi connectivity index (χ0v) is 9.64. The van der Waals surface area contributed by atoms with Gasteiger partial charge in [-0.05, 0) is 19.4 Å². The van der Waals surface area contributed by atoms with Crippen molar-refractivity contribution in [2.75, 3.05) is 0 Å². The topological polar surface area (TPSA) is 82.8 Å². The van der Waals surface area contributed by atoms with Gasteiger partial charge < -0.3 is 10.3 Å². The first kappa shape index (κ1) is 10.8. The van der Waals surface area contributed by atoms with E-state index in [1.807, 2.05) is 27.0 Å². The Morgan fingerprint density at radius 1 is 1.56 bits per heavy atom. The van der Waals surface area contributed by atoms with Gasteiger partial charge in [0.25, 0.3) is 5.89 Å². The second-order valence-corrected chi connectivity index (χ2v) is 4.03. The lowest BCUT2D eigenvalue weighted by Gasteiger charge is -2.16. The van der Waals surface area contributed by atoms with Crippen molar-refractivity contribution in [2.24, 2.45) is 12.8 Å². The number of rotatable bonds is 3. The van der Waals surface area contributed by atoms with Gasteiger partial charge in [-0.2, -0.15) is 10.1 Å². The maximum atomic E-state index is 6.03. The van der Waals surface area contributed by atoms with Crippen LogP contribution in [0.25, 0.3) is 11.6 Å². The summed E-state index contributed by atoms with van der Waals surface area (Å²) >= 11 is 0. The Kier molecular flexibility index (Phi) is 2.51. The molecule has 0 radical (unpaired) electrons. The predicted molar refractivity (Wildman–Crippen MR) is 58.3 cm³/mol. The summed E-state index contributed by atoms with van der Waals surface area (Å²) in [7, 11) is 1.82. The molecule has 1 atom stereocenters. The molecule has 2 aromatic rings. The van der Waals surface area contributed by atoms with E-state index in [0.717, 1.165) is 12.1 Å². The normalized spacial score (nSPS) is 15.0. The summed E-state index contributed by atoms with van der Waals surface area (Å²) in [6, 6.07) is 1.82. The molecule has 16 heavy (non-hydrogen) atoms. The van der Waals surface area contributed by atoms with Crippen LogP contribution >= 0.6 is 0 Å². The van der Waals surface area contributed by atoms with Crippen molar-refractivity contribution < 1.29 is 4.52 Å². The van der Waals surface area contributed by atoms with E-state index in [9.17, 15) is 0 Å². The molecule has 2 N–H and O–H groups in total. The van der Waals surface area contributed by atoms with Gasteiger partial charge in [0.05, 0.1) is 5.54 Å². The van der Waals surface area contributed by atoms with E-state index in [0.29, 0.717) is 11.7 Å². The molecule has 0 saturated heterocycles. The monoisotopic (exact) mass is 221 g/mol. The second-order valence-electron chi connectivity index (χ2n) is 4.03. The van der Waals surface area contributed by atoms with E-state index in [1.165, 1.54) is 0 Å². The zero-order chi connectivity index (χ0) is 11.8. The summed E-state index contributed by atoms with van der Waals surface area (Å²) in [4.78, 5) is 4.29. The third-order valence-electron chi connectivity index (χ3n) is 2.71. The molecule has 0 fully saturated rings. The molecule has 2 aromatic heterocycles. The van der Waals surface area contributed by atoms with Crippen LogP contribution in [0.1, 0.15) is 26.1 Å². The highest BCUT2D eigenvalue weighted by molar-refractivity contribution is 5.46. The minimum absolute atomic E-state index is 0.445. The van der Waals surface area contributed by atoms with E-state index >= 15 is 0 Å². The van der Waals surface area contributed by atoms with E-state index in [1.54, 1.807) is 10.9 Å². The molecule has 0 spiro atoms. The van der Waals surface area contributed by atoms with Crippen LogP contribution in [0.5, 0.6) is 0 Å². The first-order chi connectivity index (χ1) is 7.54. The average Bonchev–Trinajstić information content (AvgIpc) is 2.85. The van der Waals surface area contributed by atoms with E-state index in [4.69, 9.17) is 10.3 Å². The van der Waals surface area contributed by atoms with Gasteiger partial charge >= 0.3 is 0 Å². The van der Waals surface area contributed by atoms with Crippen molar-refractivity contribution in [3.8, 4) is 11.6 Å². The number of hydrogen-bond donors (Lipinski definition) is 1. The highest BCUT2D eigenvalue weighted by atomic mass is 16.5. The number of aromatic nitrogens is 4. The van der Waals surface area contributed by atoms with Gasteiger partial charge in [0.1, 0.15) is 5.69 Å². The summed E-state index contributed by atoms with van der Waals surface area (Å²) in [5, 5.41) is 7.95. The zero-order valence-electron chi connectivity index (χ0n) is 9.64. The molecule has 0 amide bonds. The molecule has 0 aliphatic heterocycles. The van der Waals surface area contributed by atoms with Crippen LogP contribution in [0.4, 0.5) is 0 Å². The molecule has 6 heteroatoms. The first-order valence-electron chi connectivity index (χ1n) is 5.16. The fourth-order valence-corrected chi connectivity index (χ4v) is 1.30. The third kappa shape index (κ3) is 1.71. The molecular weight excluding hydrogens is 206 g/mol. The van der Waals surface area contributed by atoms with Crippen LogP contribution in [-0.2, 0) is 12.6 Å². The number of hydrogen-bond acceptors (Lipinski definition) is 5. The second kappa shape index (κ2) is 3.71. The summed E-state index contributed by atoms with van der Waals surface area (Å²) in [6.45, 7) is 3.87. The van der Waals surface area contributed by atoms with Crippen molar-refractivity contribution in [2.45, 2.75) is 25.8 Å². The Bertz CT molecular complexity index is 485. The number of nitrogens with zero attached hydrogens (tertiary/aromatic N) is 4. The summed E-state index contributed by atoms with van der Waals surface area (Å²) in [5.41, 5.74) is 6.26. The highest BCUT2D eigenvalue weighted by Gasteiger charge is 2.26. The number of nitrogens with two attached hydrogens (primary N) is 1. The number of aryl methyl sites for hydroxylation is 1. The standard InChI is InChI=1S/C10H15N5O/c1-4-10(2,11)9-13-8(16-14-9)7-5-6-12-15(7)3/h5-6H,4,11H2,1-3H3. The van der Waals surface area contributed by atoms with E-state index in [-0.39, 0.29) is 0 Å². The van der Waals surface area contributed by atoms with Crippen LogP contribution in [0.2, 0.25) is 0 Å². The molecular formula is C10H15N5O. The molecule has 0 bridgehead atoms. The molecule has 0 aliphatic rings. The lowest BCUT2D eigenvalue weighted by molar-refractivity contribution is 0.377. The molecule has 0 saturated carbocycles. The Labute approximate surface area is 93.4 Å². The largest absolute Gasteiger partial charge is 0.332 e. The average molecular weight is 221 g/mol. The SMILES string of the molecule is CCC(C)(N)c1noc(-c2ccnn2C)n1. The van der Waals surface area contributed by atoms with Crippen molar-refractivity contribution in [3.63, 3.8) is 0 Å². The van der Waals surface area contributed by atoms with Gasteiger partial charge in [-0.25, -0.2) is 0 Å². The summed E-state index contributed by atoms with van der Waals surface area (Å²) in [5.74, 6) is 0.964. The van der Waals surface area contributed by atoms with Crippen LogP contribution in [0.3, 0.4) is 0 Å². The highest BCUT2D eigenvalue weighted by Crippen LogP contribution is 2.22. The summed E-state index contributed by atoms with van der Waals surface area (Å²) in [6.07, 6.45) is 2.43. The van der Waals surface area contributed by atoms with Gasteiger partial charge in [-0.15, -0.1) is 0 Å². The van der Waals surface area contributed by atoms with Crippen LogP contribution in [0.15, 0.2) is 16.8 Å². The van der Waals surface area contributed by atoms with Crippen molar-refractivity contribution >= 4 is 0 Å². The van der Waals surface area contributed by atoms with Crippen LogP contribution < -0.4 is 5.73 Å². The lowest BCUT2D eigenvalue weighted by Crippen LogP contribution is -2.33. The fraction of sp³-hybridized carbons (Fsp3) is 0.500. The van der Waals surface area contributed by atoms with Crippen LogP contribution in [0, 0.1) is 0 Å². The molecule has 2 heterocycles. The smallest absolute Gasteiger partial charge is 0.276 e. The lowest BCUT2D eigenvalue weighted by atomic mass is 10.0. The van der Waals surface area contributed by atoms with Gasteiger partial charge in [-0.1, -0.05) is 12.1 Å². The quantitative estimate of drug-likeness (QED) is 0.837. The molecule has 2 rings (SSSR count). The molecule has 0 aliphatic carbocycles. The third-order valence-corrected chi connectivity index (χ3v) is 2.71. The van der Waals surface area contributed by atoms with Gasteiger partial charge in [0.15, 0.2) is 5.82 Å². The van der Waals surface area contributed by atoms with Gasteiger partial charge in [0, 0.05) is 13.2 Å². The molecule has 0 aromatic carbocycles. The summed E-state index contributed by atoms with van der Waals surface area (Å²) < 4.78 is 6.85. The maximum Gasteiger partial charge on any atom is 0.276 e. The minimum Gasteiger partial charge on any atom is -0.332 e. The van der Waals surface area contributed by atoms with E-state index in [2.05, 4.69) is 15.2 Å². The Morgan fingerprint density at radius 3 is 2.88 bits per heavy atom. The molecule has 1 unspecified atom stereocenters. The van der Waals surface area contributed by atoms with Gasteiger partial charge in [0.2, 0.25) is 0 Å². The Balaban J connectivity index is 2.37. The maximum absolute atomic E-state index is 6.03. The molecule has 86 valence electrons. The van der Waals surface area contributed by atoms with E-state index < -0.39 is 5.54 Å².